The molecule has 0 fully saturated rings. The summed E-state index contributed by atoms with van der Waals surface area (Å²) < 4.78 is 4.97. The predicted octanol–water partition coefficient (Wildman–Crippen LogP) is 1.74. The summed E-state index contributed by atoms with van der Waals surface area (Å²) in [7, 11) is 1.66. The van der Waals surface area contributed by atoms with Crippen molar-refractivity contribution in [2.45, 2.75) is 19.9 Å². The van der Waals surface area contributed by atoms with Crippen LogP contribution in [0.25, 0.3) is 11.4 Å². The maximum absolute atomic E-state index is 11.7. The Hall–Kier alpha value is -1.98. The highest BCUT2D eigenvalue weighted by Crippen LogP contribution is 2.15. The van der Waals surface area contributed by atoms with Crippen LogP contribution in [-0.4, -0.2) is 30.2 Å². The fraction of sp³-hybridized carbons (Fsp3) is 0.375. The maximum Gasteiger partial charge on any atom is 0.251 e. The number of hydrogen-bond acceptors (Lipinski definition) is 4. The number of hydrogen-bond donors (Lipinski definition) is 2. The van der Waals surface area contributed by atoms with Crippen molar-refractivity contribution in [1.29, 1.82) is 0 Å². The van der Waals surface area contributed by atoms with E-state index in [2.05, 4.69) is 34.3 Å². The van der Waals surface area contributed by atoms with E-state index in [0.29, 0.717) is 19.0 Å². The lowest BCUT2D eigenvalue weighted by molar-refractivity contribution is 0.199. The fourth-order valence-corrected chi connectivity index (χ4v) is 2.02. The molecule has 0 aliphatic heterocycles. The van der Waals surface area contributed by atoms with Crippen LogP contribution in [0.4, 0.5) is 0 Å². The molecule has 0 aliphatic rings. The van der Waals surface area contributed by atoms with E-state index in [1.807, 2.05) is 12.1 Å². The fourth-order valence-electron chi connectivity index (χ4n) is 2.02. The summed E-state index contributed by atoms with van der Waals surface area (Å²) in [5.74, 6) is 0.605. The van der Waals surface area contributed by atoms with Gasteiger partial charge in [-0.1, -0.05) is 31.2 Å². The summed E-state index contributed by atoms with van der Waals surface area (Å²) >= 11 is 0. The molecule has 0 spiro atoms. The smallest absolute Gasteiger partial charge is 0.251 e. The predicted molar refractivity (Wildman–Crippen MR) is 83.3 cm³/mol. The van der Waals surface area contributed by atoms with Crippen molar-refractivity contribution in [3.05, 3.63) is 51.9 Å². The van der Waals surface area contributed by atoms with Gasteiger partial charge in [0.15, 0.2) is 0 Å². The van der Waals surface area contributed by atoms with Crippen molar-refractivity contribution >= 4 is 0 Å². The average Bonchev–Trinajstić information content (AvgIpc) is 2.51. The Balaban J connectivity index is 2.15. The molecule has 0 radical (unpaired) electrons. The van der Waals surface area contributed by atoms with Gasteiger partial charge in [-0.05, 0) is 12.0 Å². The van der Waals surface area contributed by atoms with E-state index in [-0.39, 0.29) is 5.56 Å². The number of aromatic amines is 1. The third-order valence-electron chi connectivity index (χ3n) is 3.22. The number of aromatic nitrogens is 2. The first-order chi connectivity index (χ1) is 10.2. The van der Waals surface area contributed by atoms with Gasteiger partial charge in [-0.2, -0.15) is 0 Å². The van der Waals surface area contributed by atoms with Gasteiger partial charge in [-0.3, -0.25) is 4.79 Å². The van der Waals surface area contributed by atoms with Crippen molar-refractivity contribution < 1.29 is 4.74 Å². The molecule has 1 heterocycles. The summed E-state index contributed by atoms with van der Waals surface area (Å²) in [6.07, 6.45) is 0.994. The highest BCUT2D eigenvalue weighted by Gasteiger charge is 2.04. The van der Waals surface area contributed by atoms with Crippen LogP contribution >= 0.6 is 0 Å². The molecule has 112 valence electrons. The van der Waals surface area contributed by atoms with E-state index in [0.717, 1.165) is 24.2 Å². The van der Waals surface area contributed by atoms with E-state index >= 15 is 0 Å². The molecule has 2 N–H and O–H groups in total. The molecule has 2 rings (SSSR count). The average molecular weight is 287 g/mol. The topological polar surface area (TPSA) is 67.0 Å². The Morgan fingerprint density at radius 3 is 2.71 bits per heavy atom. The van der Waals surface area contributed by atoms with Crippen molar-refractivity contribution in [2.24, 2.45) is 0 Å². The van der Waals surface area contributed by atoms with E-state index in [1.165, 1.54) is 11.6 Å². The molecule has 5 nitrogen and oxygen atoms in total. The van der Waals surface area contributed by atoms with Crippen LogP contribution in [0, 0.1) is 0 Å². The van der Waals surface area contributed by atoms with Crippen LogP contribution in [0.2, 0.25) is 0 Å². The SMILES string of the molecule is CCc1ccc(-c2nc(CNCCOC)cc(=O)[nH]2)cc1. The highest BCUT2D eigenvalue weighted by molar-refractivity contribution is 5.55. The number of methoxy groups -OCH3 is 1. The van der Waals surface area contributed by atoms with E-state index in [9.17, 15) is 4.79 Å². The third kappa shape index (κ3) is 4.51. The van der Waals surface area contributed by atoms with Crippen LogP contribution in [0.1, 0.15) is 18.2 Å². The standard InChI is InChI=1S/C16H21N3O2/c1-3-12-4-6-13(7-5-12)16-18-14(10-15(20)19-16)11-17-8-9-21-2/h4-7,10,17H,3,8-9,11H2,1-2H3,(H,18,19,20). The van der Waals surface area contributed by atoms with E-state index in [4.69, 9.17) is 4.74 Å². The zero-order valence-electron chi connectivity index (χ0n) is 12.5. The second-order valence-electron chi connectivity index (χ2n) is 4.81. The molecule has 0 bridgehead atoms. The van der Waals surface area contributed by atoms with Crippen LogP contribution < -0.4 is 10.9 Å². The molecular weight excluding hydrogens is 266 g/mol. The van der Waals surface area contributed by atoms with Gasteiger partial charge in [-0.15, -0.1) is 0 Å². The number of aryl methyl sites for hydroxylation is 1. The van der Waals surface area contributed by atoms with E-state index < -0.39 is 0 Å². The highest BCUT2D eigenvalue weighted by atomic mass is 16.5. The van der Waals surface area contributed by atoms with Crippen molar-refractivity contribution in [1.82, 2.24) is 15.3 Å². The summed E-state index contributed by atoms with van der Waals surface area (Å²) in [6, 6.07) is 9.60. The zero-order chi connectivity index (χ0) is 15.1. The third-order valence-corrected chi connectivity index (χ3v) is 3.22. The minimum Gasteiger partial charge on any atom is -0.383 e. The zero-order valence-corrected chi connectivity index (χ0v) is 12.5. The largest absolute Gasteiger partial charge is 0.383 e. The van der Waals surface area contributed by atoms with Crippen molar-refractivity contribution in [3.8, 4) is 11.4 Å². The van der Waals surface area contributed by atoms with Gasteiger partial charge in [-0.25, -0.2) is 4.98 Å². The second-order valence-corrected chi connectivity index (χ2v) is 4.81. The first kappa shape index (κ1) is 15.4. The van der Waals surface area contributed by atoms with Gasteiger partial charge < -0.3 is 15.0 Å². The molecule has 0 atom stereocenters. The van der Waals surface area contributed by atoms with Crippen LogP contribution in [0.5, 0.6) is 0 Å². The lowest BCUT2D eigenvalue weighted by Gasteiger charge is -2.06. The van der Waals surface area contributed by atoms with Gasteiger partial charge >= 0.3 is 0 Å². The Morgan fingerprint density at radius 1 is 1.29 bits per heavy atom. The normalized spacial score (nSPS) is 10.8. The van der Waals surface area contributed by atoms with E-state index in [1.54, 1.807) is 7.11 Å². The Morgan fingerprint density at radius 2 is 2.05 bits per heavy atom. The second kappa shape index (κ2) is 7.71. The number of nitrogens with one attached hydrogen (secondary N) is 2. The first-order valence-electron chi connectivity index (χ1n) is 7.12. The molecule has 0 unspecified atom stereocenters. The molecular formula is C16H21N3O2. The van der Waals surface area contributed by atoms with Crippen LogP contribution in [0.3, 0.4) is 0 Å². The van der Waals surface area contributed by atoms with Gasteiger partial charge in [0.05, 0.1) is 12.3 Å². The lowest BCUT2D eigenvalue weighted by atomic mass is 10.1. The summed E-state index contributed by atoms with van der Waals surface area (Å²) in [4.78, 5) is 19.0. The monoisotopic (exact) mass is 287 g/mol. The minimum atomic E-state index is -0.136. The molecule has 0 aliphatic carbocycles. The molecule has 5 heteroatoms. The van der Waals surface area contributed by atoms with Crippen molar-refractivity contribution in [3.63, 3.8) is 0 Å². The van der Waals surface area contributed by atoms with Gasteiger partial charge in [0.2, 0.25) is 0 Å². The number of H-pyrrole nitrogens is 1. The summed E-state index contributed by atoms with van der Waals surface area (Å²) in [6.45, 7) is 4.02. The van der Waals surface area contributed by atoms with Gasteiger partial charge in [0.1, 0.15) is 5.82 Å². The van der Waals surface area contributed by atoms with Crippen molar-refractivity contribution in [2.75, 3.05) is 20.3 Å². The Kier molecular flexibility index (Phi) is 5.66. The quantitative estimate of drug-likeness (QED) is 0.761. The molecule has 1 aromatic heterocycles. The molecule has 2 aromatic rings. The maximum atomic E-state index is 11.7. The van der Waals surface area contributed by atoms with Crippen LogP contribution in [0.15, 0.2) is 35.1 Å². The number of nitrogens with zero attached hydrogens (tertiary/aromatic N) is 1. The molecule has 0 saturated carbocycles. The van der Waals surface area contributed by atoms with Gasteiger partial charge in [0.25, 0.3) is 5.56 Å². The van der Waals surface area contributed by atoms with Crippen LogP contribution in [-0.2, 0) is 17.7 Å². The Labute approximate surface area is 124 Å². The number of benzene rings is 1. The molecule has 1 aromatic carbocycles. The molecule has 0 amide bonds. The summed E-state index contributed by atoms with van der Waals surface area (Å²) in [5.41, 5.74) is 2.77. The van der Waals surface area contributed by atoms with Gasteiger partial charge in [0, 0.05) is 31.8 Å². The minimum absolute atomic E-state index is 0.136. The number of ether oxygens (including phenoxy) is 1. The molecule has 21 heavy (non-hydrogen) atoms. The molecule has 0 saturated heterocycles. The summed E-state index contributed by atoms with van der Waals surface area (Å²) in [5, 5.41) is 3.19. The number of rotatable bonds is 7. The lowest BCUT2D eigenvalue weighted by Crippen LogP contribution is -2.21. The Bertz CT molecular complexity index is 620. The first-order valence-corrected chi connectivity index (χ1v) is 7.12.